The molecule has 20 heavy (non-hydrogen) atoms. The Balaban J connectivity index is 2.07. The van der Waals surface area contributed by atoms with Crippen molar-refractivity contribution in [1.82, 2.24) is 9.97 Å². The number of hydrogen-bond donors (Lipinski definition) is 1. The summed E-state index contributed by atoms with van der Waals surface area (Å²) in [5.41, 5.74) is 0.0855. The molecule has 0 aliphatic heterocycles. The van der Waals surface area contributed by atoms with Gasteiger partial charge in [0.2, 0.25) is 5.95 Å². The Morgan fingerprint density at radius 1 is 1.30 bits per heavy atom. The van der Waals surface area contributed by atoms with Gasteiger partial charge in [0.1, 0.15) is 5.03 Å². The Bertz CT molecular complexity index is 589. The van der Waals surface area contributed by atoms with Crippen LogP contribution >= 0.6 is 11.8 Å². The fourth-order valence-corrected chi connectivity index (χ4v) is 2.25. The van der Waals surface area contributed by atoms with E-state index in [-0.39, 0.29) is 5.69 Å². The van der Waals surface area contributed by atoms with Crippen molar-refractivity contribution in [3.8, 4) is 0 Å². The summed E-state index contributed by atoms with van der Waals surface area (Å²) in [5.74, 6) is 0.596. The monoisotopic (exact) mass is 290 g/mol. The standard InChI is InChI=1S/C13H14N4O2S/c1-2-8-14-13-15-9-7-12(16-13)20-11-5-3-10(4-6-11)17(18)19/h3-7,9H,2,8H2,1H3,(H,14,15,16). The minimum atomic E-state index is -0.411. The molecule has 0 bridgehead atoms. The summed E-state index contributed by atoms with van der Waals surface area (Å²) in [4.78, 5) is 19.6. The van der Waals surface area contributed by atoms with E-state index in [1.165, 1.54) is 23.9 Å². The zero-order valence-electron chi connectivity index (χ0n) is 10.9. The molecule has 0 saturated heterocycles. The molecule has 0 aliphatic carbocycles. The number of nitro groups is 1. The highest BCUT2D eigenvalue weighted by Crippen LogP contribution is 2.27. The molecule has 1 aromatic heterocycles. The number of anilines is 1. The molecule has 0 radical (unpaired) electrons. The number of aromatic nitrogens is 2. The van der Waals surface area contributed by atoms with Crippen molar-refractivity contribution >= 4 is 23.4 Å². The third kappa shape index (κ3) is 3.92. The second-order valence-corrected chi connectivity index (χ2v) is 5.09. The zero-order chi connectivity index (χ0) is 14.4. The number of nitrogens with one attached hydrogen (secondary N) is 1. The molecule has 0 amide bonds. The van der Waals surface area contributed by atoms with Crippen LogP contribution in [0.2, 0.25) is 0 Å². The molecule has 0 unspecified atom stereocenters. The second-order valence-electron chi connectivity index (χ2n) is 4.00. The van der Waals surface area contributed by atoms with Crippen LogP contribution in [0.15, 0.2) is 46.5 Å². The van der Waals surface area contributed by atoms with Crippen LogP contribution in [0.1, 0.15) is 13.3 Å². The van der Waals surface area contributed by atoms with Crippen molar-refractivity contribution in [2.75, 3.05) is 11.9 Å². The fraction of sp³-hybridized carbons (Fsp3) is 0.231. The van der Waals surface area contributed by atoms with E-state index in [2.05, 4.69) is 22.2 Å². The van der Waals surface area contributed by atoms with Gasteiger partial charge in [0.15, 0.2) is 0 Å². The third-order valence-corrected chi connectivity index (χ3v) is 3.38. The molecule has 0 fully saturated rings. The summed E-state index contributed by atoms with van der Waals surface area (Å²) in [5, 5.41) is 14.5. The van der Waals surface area contributed by atoms with Gasteiger partial charge in [0.05, 0.1) is 4.92 Å². The first-order valence-electron chi connectivity index (χ1n) is 6.18. The van der Waals surface area contributed by atoms with Gasteiger partial charge >= 0.3 is 0 Å². The zero-order valence-corrected chi connectivity index (χ0v) is 11.8. The van der Waals surface area contributed by atoms with Crippen LogP contribution in [0.25, 0.3) is 0 Å². The van der Waals surface area contributed by atoms with E-state index in [9.17, 15) is 10.1 Å². The summed E-state index contributed by atoms with van der Waals surface area (Å²) in [6.07, 6.45) is 2.70. The molecule has 0 saturated carbocycles. The summed E-state index contributed by atoms with van der Waals surface area (Å²) in [7, 11) is 0. The van der Waals surface area contributed by atoms with Crippen LogP contribution < -0.4 is 5.32 Å². The van der Waals surface area contributed by atoms with E-state index >= 15 is 0 Å². The normalized spacial score (nSPS) is 10.2. The number of non-ortho nitro benzene ring substituents is 1. The van der Waals surface area contributed by atoms with Gasteiger partial charge in [0.25, 0.3) is 5.69 Å². The molecule has 7 heteroatoms. The van der Waals surface area contributed by atoms with Gasteiger partial charge < -0.3 is 5.32 Å². The predicted octanol–water partition coefficient (Wildman–Crippen LogP) is 3.36. The molecule has 6 nitrogen and oxygen atoms in total. The van der Waals surface area contributed by atoms with Crippen LogP contribution in [0.3, 0.4) is 0 Å². The highest BCUT2D eigenvalue weighted by molar-refractivity contribution is 7.99. The largest absolute Gasteiger partial charge is 0.354 e. The maximum Gasteiger partial charge on any atom is 0.269 e. The van der Waals surface area contributed by atoms with Crippen LogP contribution in [0.4, 0.5) is 11.6 Å². The van der Waals surface area contributed by atoms with E-state index in [1.54, 1.807) is 18.3 Å². The molecule has 0 spiro atoms. The summed E-state index contributed by atoms with van der Waals surface area (Å²) in [6.45, 7) is 2.90. The van der Waals surface area contributed by atoms with E-state index in [1.807, 2.05) is 6.07 Å². The van der Waals surface area contributed by atoms with Crippen LogP contribution in [0, 0.1) is 10.1 Å². The lowest BCUT2D eigenvalue weighted by atomic mass is 10.3. The molecule has 2 aromatic rings. The van der Waals surface area contributed by atoms with Crippen molar-refractivity contribution in [2.24, 2.45) is 0 Å². The Hall–Kier alpha value is -2.15. The molecule has 0 atom stereocenters. The average Bonchev–Trinajstić information content (AvgIpc) is 2.46. The van der Waals surface area contributed by atoms with Gasteiger partial charge in [-0.1, -0.05) is 18.7 Å². The first-order valence-corrected chi connectivity index (χ1v) is 7.00. The summed E-state index contributed by atoms with van der Waals surface area (Å²) in [6, 6.07) is 8.21. The van der Waals surface area contributed by atoms with E-state index in [0.717, 1.165) is 22.9 Å². The van der Waals surface area contributed by atoms with Crippen LogP contribution in [-0.4, -0.2) is 21.4 Å². The van der Waals surface area contributed by atoms with Crippen molar-refractivity contribution < 1.29 is 4.92 Å². The number of nitro benzene ring substituents is 1. The maximum atomic E-state index is 10.6. The smallest absolute Gasteiger partial charge is 0.269 e. The molecule has 104 valence electrons. The summed E-state index contributed by atoms with van der Waals surface area (Å²) < 4.78 is 0. The van der Waals surface area contributed by atoms with Gasteiger partial charge in [-0.25, -0.2) is 9.97 Å². The maximum absolute atomic E-state index is 10.6. The van der Waals surface area contributed by atoms with E-state index < -0.39 is 4.92 Å². The van der Waals surface area contributed by atoms with Gasteiger partial charge in [-0.15, -0.1) is 0 Å². The average molecular weight is 290 g/mol. The third-order valence-electron chi connectivity index (χ3n) is 2.43. The van der Waals surface area contributed by atoms with Crippen molar-refractivity contribution in [3.05, 3.63) is 46.6 Å². The number of benzene rings is 1. The minimum absolute atomic E-state index is 0.0855. The first-order chi connectivity index (χ1) is 9.69. The molecular formula is C13H14N4O2S. The van der Waals surface area contributed by atoms with E-state index in [4.69, 9.17) is 0 Å². The van der Waals surface area contributed by atoms with Crippen LogP contribution in [0.5, 0.6) is 0 Å². The Morgan fingerprint density at radius 2 is 2.05 bits per heavy atom. The van der Waals surface area contributed by atoms with E-state index in [0.29, 0.717) is 5.95 Å². The number of rotatable bonds is 6. The topological polar surface area (TPSA) is 81.0 Å². The van der Waals surface area contributed by atoms with Crippen molar-refractivity contribution in [2.45, 2.75) is 23.3 Å². The highest BCUT2D eigenvalue weighted by atomic mass is 32.2. The SMILES string of the molecule is CCCNc1nccc(Sc2ccc([N+](=O)[O-])cc2)n1. The number of nitrogens with zero attached hydrogens (tertiary/aromatic N) is 3. The van der Waals surface area contributed by atoms with Crippen molar-refractivity contribution in [1.29, 1.82) is 0 Å². The minimum Gasteiger partial charge on any atom is -0.354 e. The first kappa shape index (κ1) is 14.3. The molecular weight excluding hydrogens is 276 g/mol. The quantitative estimate of drug-likeness (QED) is 0.499. The molecule has 1 heterocycles. The Morgan fingerprint density at radius 3 is 2.70 bits per heavy atom. The fourth-order valence-electron chi connectivity index (χ4n) is 1.48. The lowest BCUT2D eigenvalue weighted by Crippen LogP contribution is -2.04. The molecule has 1 aromatic carbocycles. The highest BCUT2D eigenvalue weighted by Gasteiger charge is 2.06. The summed E-state index contributed by atoms with van der Waals surface area (Å²) >= 11 is 1.44. The predicted molar refractivity (Wildman–Crippen MR) is 78.0 cm³/mol. The van der Waals surface area contributed by atoms with Gasteiger partial charge in [0, 0.05) is 29.8 Å². The second kappa shape index (κ2) is 6.85. The Labute approximate surface area is 120 Å². The van der Waals surface area contributed by atoms with Crippen LogP contribution in [-0.2, 0) is 0 Å². The van der Waals surface area contributed by atoms with Gasteiger partial charge in [-0.3, -0.25) is 10.1 Å². The van der Waals surface area contributed by atoms with Gasteiger partial charge in [-0.2, -0.15) is 0 Å². The van der Waals surface area contributed by atoms with Gasteiger partial charge in [-0.05, 0) is 24.6 Å². The molecule has 0 aliphatic rings. The molecule has 2 rings (SSSR count). The van der Waals surface area contributed by atoms with Crippen molar-refractivity contribution in [3.63, 3.8) is 0 Å². The lowest BCUT2D eigenvalue weighted by Gasteiger charge is -2.05. The molecule has 1 N–H and O–H groups in total. The lowest BCUT2D eigenvalue weighted by molar-refractivity contribution is -0.384. The number of hydrogen-bond acceptors (Lipinski definition) is 6. The Kier molecular flexibility index (Phi) is 4.89.